The summed E-state index contributed by atoms with van der Waals surface area (Å²) in [6.45, 7) is 11.3. The fourth-order valence-corrected chi connectivity index (χ4v) is 3.07. The molecule has 0 unspecified atom stereocenters. The van der Waals surface area contributed by atoms with Gasteiger partial charge in [0.15, 0.2) is 5.96 Å². The van der Waals surface area contributed by atoms with Crippen LogP contribution in [0.4, 0.5) is 0 Å². The average molecular weight is 508 g/mol. The average Bonchev–Trinajstić information content (AvgIpc) is 3.41. The van der Waals surface area contributed by atoms with Gasteiger partial charge in [-0.1, -0.05) is 0 Å². The third kappa shape index (κ3) is 9.90. The van der Waals surface area contributed by atoms with E-state index in [4.69, 9.17) is 0 Å². The lowest BCUT2D eigenvalue weighted by molar-refractivity contribution is -0.123. The van der Waals surface area contributed by atoms with Gasteiger partial charge in [-0.25, -0.2) is 0 Å². The molecule has 1 aliphatic carbocycles. The monoisotopic (exact) mass is 508 g/mol. The SMILES string of the molecule is CCNC(=NCCCC(=O)NC1CC1)N1CCN(CC(=O)NC(C)C)CC1.I. The van der Waals surface area contributed by atoms with Crippen molar-refractivity contribution in [2.24, 2.45) is 4.99 Å². The molecule has 28 heavy (non-hydrogen) atoms. The number of guanidine groups is 1. The van der Waals surface area contributed by atoms with Crippen LogP contribution in [0.15, 0.2) is 4.99 Å². The molecule has 2 fully saturated rings. The Kier molecular flexibility index (Phi) is 11.7. The highest BCUT2D eigenvalue weighted by Gasteiger charge is 2.23. The second-order valence-corrected chi connectivity index (χ2v) is 7.67. The lowest BCUT2D eigenvalue weighted by Crippen LogP contribution is -2.54. The molecule has 2 amide bonds. The predicted octanol–water partition coefficient (Wildman–Crippen LogP) is 0.771. The molecule has 0 radical (unpaired) electrons. The van der Waals surface area contributed by atoms with Crippen LogP contribution in [0.1, 0.15) is 46.5 Å². The van der Waals surface area contributed by atoms with Crippen molar-refractivity contribution in [3.63, 3.8) is 0 Å². The molecule has 1 heterocycles. The van der Waals surface area contributed by atoms with Crippen molar-refractivity contribution in [1.82, 2.24) is 25.8 Å². The molecule has 0 spiro atoms. The van der Waals surface area contributed by atoms with Gasteiger partial charge in [-0.15, -0.1) is 24.0 Å². The lowest BCUT2D eigenvalue weighted by atomic mass is 10.3. The van der Waals surface area contributed by atoms with Crippen LogP contribution < -0.4 is 16.0 Å². The minimum Gasteiger partial charge on any atom is -0.357 e. The highest BCUT2D eigenvalue weighted by atomic mass is 127. The first-order chi connectivity index (χ1) is 13.0. The van der Waals surface area contributed by atoms with Crippen molar-refractivity contribution in [2.75, 3.05) is 45.8 Å². The van der Waals surface area contributed by atoms with E-state index >= 15 is 0 Å². The smallest absolute Gasteiger partial charge is 0.234 e. The maximum Gasteiger partial charge on any atom is 0.234 e. The molecular formula is C19H37IN6O2. The quantitative estimate of drug-likeness (QED) is 0.185. The van der Waals surface area contributed by atoms with E-state index < -0.39 is 0 Å². The number of amides is 2. The van der Waals surface area contributed by atoms with Crippen LogP contribution >= 0.6 is 24.0 Å². The molecular weight excluding hydrogens is 471 g/mol. The molecule has 9 heteroatoms. The number of hydrogen-bond donors (Lipinski definition) is 3. The summed E-state index contributed by atoms with van der Waals surface area (Å²) in [6, 6.07) is 0.606. The highest BCUT2D eigenvalue weighted by molar-refractivity contribution is 14.0. The van der Waals surface area contributed by atoms with Crippen molar-refractivity contribution in [3.8, 4) is 0 Å². The number of nitrogens with one attached hydrogen (secondary N) is 3. The zero-order valence-electron chi connectivity index (χ0n) is 17.5. The second-order valence-electron chi connectivity index (χ2n) is 7.67. The molecule has 1 saturated carbocycles. The minimum absolute atomic E-state index is 0. The third-order valence-corrected chi connectivity index (χ3v) is 4.59. The summed E-state index contributed by atoms with van der Waals surface area (Å²) in [5.41, 5.74) is 0. The van der Waals surface area contributed by atoms with Gasteiger partial charge in [-0.3, -0.25) is 19.5 Å². The maximum atomic E-state index is 11.9. The van der Waals surface area contributed by atoms with E-state index in [1.54, 1.807) is 0 Å². The molecule has 0 bridgehead atoms. The summed E-state index contributed by atoms with van der Waals surface area (Å²) < 4.78 is 0. The van der Waals surface area contributed by atoms with E-state index in [1.807, 2.05) is 13.8 Å². The number of nitrogens with zero attached hydrogens (tertiary/aromatic N) is 3. The van der Waals surface area contributed by atoms with Crippen LogP contribution in [0.5, 0.6) is 0 Å². The fraction of sp³-hybridized carbons (Fsp3) is 0.842. The summed E-state index contributed by atoms with van der Waals surface area (Å²) in [6.07, 6.45) is 3.56. The summed E-state index contributed by atoms with van der Waals surface area (Å²) >= 11 is 0. The van der Waals surface area contributed by atoms with E-state index in [0.29, 0.717) is 25.6 Å². The van der Waals surface area contributed by atoms with Crippen molar-refractivity contribution >= 4 is 41.8 Å². The molecule has 162 valence electrons. The molecule has 3 N–H and O–H groups in total. The molecule has 2 aliphatic rings. The number of aliphatic imine (C=N–C) groups is 1. The van der Waals surface area contributed by atoms with Gasteiger partial charge >= 0.3 is 0 Å². The molecule has 1 saturated heterocycles. The molecule has 0 atom stereocenters. The first-order valence-corrected chi connectivity index (χ1v) is 10.3. The first-order valence-electron chi connectivity index (χ1n) is 10.3. The van der Waals surface area contributed by atoms with Crippen LogP contribution in [0.3, 0.4) is 0 Å². The molecule has 2 rings (SSSR count). The second kappa shape index (κ2) is 13.2. The Morgan fingerprint density at radius 1 is 1.11 bits per heavy atom. The van der Waals surface area contributed by atoms with Crippen LogP contribution in [-0.4, -0.2) is 85.5 Å². The number of halogens is 1. The number of carbonyl (C=O) groups excluding carboxylic acids is 2. The van der Waals surface area contributed by atoms with E-state index in [9.17, 15) is 9.59 Å². The Morgan fingerprint density at radius 2 is 1.79 bits per heavy atom. The standard InChI is InChI=1S/C19H36N6O2.HI/c1-4-20-19(21-9-5-6-17(26)23-16-7-8-16)25-12-10-24(11-13-25)14-18(27)22-15(2)3;/h15-16H,4-14H2,1-3H3,(H,20,21)(H,22,27)(H,23,26);1H. The number of rotatable bonds is 9. The molecule has 1 aliphatic heterocycles. The van der Waals surface area contributed by atoms with Gasteiger partial charge in [0.05, 0.1) is 6.54 Å². The summed E-state index contributed by atoms with van der Waals surface area (Å²) in [4.78, 5) is 32.7. The van der Waals surface area contributed by atoms with E-state index in [1.165, 1.54) is 0 Å². The zero-order chi connectivity index (χ0) is 19.6. The zero-order valence-corrected chi connectivity index (χ0v) is 19.8. The molecule has 0 aromatic rings. The van der Waals surface area contributed by atoms with Crippen LogP contribution in [0.2, 0.25) is 0 Å². The normalized spacial score (nSPS) is 17.9. The molecule has 0 aromatic carbocycles. The number of hydrogen-bond acceptors (Lipinski definition) is 4. The van der Waals surface area contributed by atoms with Gasteiger partial charge in [0.2, 0.25) is 11.8 Å². The maximum absolute atomic E-state index is 11.9. The largest absolute Gasteiger partial charge is 0.357 e. The lowest BCUT2D eigenvalue weighted by Gasteiger charge is -2.36. The van der Waals surface area contributed by atoms with Crippen molar-refractivity contribution in [1.29, 1.82) is 0 Å². The van der Waals surface area contributed by atoms with Crippen molar-refractivity contribution < 1.29 is 9.59 Å². The number of carbonyl (C=O) groups is 2. The van der Waals surface area contributed by atoms with Crippen LogP contribution in [-0.2, 0) is 9.59 Å². The van der Waals surface area contributed by atoms with Gasteiger partial charge in [0.25, 0.3) is 0 Å². The number of piperazine rings is 1. The fourth-order valence-electron chi connectivity index (χ4n) is 3.07. The minimum atomic E-state index is 0. The van der Waals surface area contributed by atoms with E-state index in [0.717, 1.165) is 57.9 Å². The van der Waals surface area contributed by atoms with Gasteiger partial charge < -0.3 is 20.9 Å². The Labute approximate surface area is 186 Å². The Hall–Kier alpha value is -1.10. The van der Waals surface area contributed by atoms with Crippen molar-refractivity contribution in [2.45, 2.75) is 58.5 Å². The Morgan fingerprint density at radius 3 is 2.36 bits per heavy atom. The molecule has 8 nitrogen and oxygen atoms in total. The van der Waals surface area contributed by atoms with Crippen molar-refractivity contribution in [3.05, 3.63) is 0 Å². The van der Waals surface area contributed by atoms with Gasteiger partial charge in [-0.2, -0.15) is 0 Å². The topological polar surface area (TPSA) is 89.1 Å². The van der Waals surface area contributed by atoms with E-state index in [2.05, 4.69) is 37.7 Å². The van der Waals surface area contributed by atoms with Crippen LogP contribution in [0.25, 0.3) is 0 Å². The van der Waals surface area contributed by atoms with Gasteiger partial charge in [0, 0.05) is 57.8 Å². The van der Waals surface area contributed by atoms with Gasteiger partial charge in [0.1, 0.15) is 0 Å². The van der Waals surface area contributed by atoms with Gasteiger partial charge in [-0.05, 0) is 40.0 Å². The predicted molar refractivity (Wildman–Crippen MR) is 123 cm³/mol. The van der Waals surface area contributed by atoms with E-state index in [-0.39, 0.29) is 41.8 Å². The summed E-state index contributed by atoms with van der Waals surface area (Å²) in [5.74, 6) is 1.14. The summed E-state index contributed by atoms with van der Waals surface area (Å²) in [7, 11) is 0. The Bertz CT molecular complexity index is 517. The Balaban J connectivity index is 0.00000392. The molecule has 0 aromatic heterocycles. The third-order valence-electron chi connectivity index (χ3n) is 4.59. The first kappa shape index (κ1) is 24.9. The summed E-state index contributed by atoms with van der Waals surface area (Å²) in [5, 5.41) is 9.29. The van der Waals surface area contributed by atoms with Crippen LogP contribution in [0, 0.1) is 0 Å². The highest BCUT2D eigenvalue weighted by Crippen LogP contribution is 2.18.